The van der Waals surface area contributed by atoms with Crippen molar-refractivity contribution in [1.29, 1.82) is 0 Å². The van der Waals surface area contributed by atoms with Crippen LogP contribution in [0.1, 0.15) is 30.9 Å². The first-order valence-electron chi connectivity index (χ1n) is 6.97. The zero-order valence-corrected chi connectivity index (χ0v) is 11.8. The third-order valence-corrected chi connectivity index (χ3v) is 3.69. The van der Waals surface area contributed by atoms with Crippen molar-refractivity contribution in [2.45, 2.75) is 33.6 Å². The van der Waals surface area contributed by atoms with Gasteiger partial charge in [-0.25, -0.2) is 0 Å². The van der Waals surface area contributed by atoms with E-state index in [4.69, 9.17) is 0 Å². The summed E-state index contributed by atoms with van der Waals surface area (Å²) in [7, 11) is 0. The van der Waals surface area contributed by atoms with E-state index in [2.05, 4.69) is 48.9 Å². The molecule has 2 aromatic rings. The second-order valence-corrected chi connectivity index (χ2v) is 5.16. The van der Waals surface area contributed by atoms with Gasteiger partial charge in [0.05, 0.1) is 0 Å². The first-order chi connectivity index (χ1) is 8.70. The molecular formula is C16H24N2. The predicted octanol–water partition coefficient (Wildman–Crippen LogP) is 3.89. The van der Waals surface area contributed by atoms with Crippen LogP contribution >= 0.6 is 0 Å². The van der Waals surface area contributed by atoms with Gasteiger partial charge >= 0.3 is 0 Å². The van der Waals surface area contributed by atoms with Gasteiger partial charge in [-0.05, 0) is 64.0 Å². The number of likely N-dealkylation sites (tertiary alicyclic amines) is 1. The highest BCUT2D eigenvalue weighted by Crippen LogP contribution is 2.17. The number of nitrogens with one attached hydrogen (secondary N) is 1. The fourth-order valence-electron chi connectivity index (χ4n) is 2.47. The molecule has 1 saturated heterocycles. The zero-order valence-electron chi connectivity index (χ0n) is 11.8. The summed E-state index contributed by atoms with van der Waals surface area (Å²) in [6, 6.07) is 6.46. The molecule has 1 aliphatic heterocycles. The van der Waals surface area contributed by atoms with Crippen molar-refractivity contribution in [3.8, 4) is 0 Å². The molecule has 2 heterocycles. The SMILES string of the molecule is CCN1CCCC1.Cc1ccc2[nH]cc(C)c2c1. The molecule has 0 aliphatic carbocycles. The van der Waals surface area contributed by atoms with Gasteiger partial charge in [0.15, 0.2) is 0 Å². The second kappa shape index (κ2) is 6.05. The van der Waals surface area contributed by atoms with Gasteiger partial charge in [0.25, 0.3) is 0 Å². The van der Waals surface area contributed by atoms with E-state index in [1.165, 1.54) is 54.5 Å². The Kier molecular flexibility index (Phi) is 4.43. The highest BCUT2D eigenvalue weighted by molar-refractivity contribution is 5.83. The van der Waals surface area contributed by atoms with Crippen LogP contribution in [0.3, 0.4) is 0 Å². The molecule has 2 heteroatoms. The molecule has 2 nitrogen and oxygen atoms in total. The van der Waals surface area contributed by atoms with E-state index in [9.17, 15) is 0 Å². The fraction of sp³-hybridized carbons (Fsp3) is 0.500. The van der Waals surface area contributed by atoms with Crippen LogP contribution in [0, 0.1) is 13.8 Å². The van der Waals surface area contributed by atoms with Crippen LogP contribution in [-0.2, 0) is 0 Å². The molecule has 0 spiro atoms. The number of aromatic amines is 1. The highest BCUT2D eigenvalue weighted by atomic mass is 15.1. The quantitative estimate of drug-likeness (QED) is 0.806. The summed E-state index contributed by atoms with van der Waals surface area (Å²) in [5, 5.41) is 1.34. The summed E-state index contributed by atoms with van der Waals surface area (Å²) in [4.78, 5) is 5.70. The Labute approximate surface area is 110 Å². The second-order valence-electron chi connectivity index (χ2n) is 5.16. The monoisotopic (exact) mass is 244 g/mol. The van der Waals surface area contributed by atoms with Gasteiger partial charge in [0.2, 0.25) is 0 Å². The van der Waals surface area contributed by atoms with Crippen molar-refractivity contribution in [2.75, 3.05) is 19.6 Å². The number of benzene rings is 1. The van der Waals surface area contributed by atoms with Crippen LogP contribution in [0.4, 0.5) is 0 Å². The lowest BCUT2D eigenvalue weighted by atomic mass is 10.1. The van der Waals surface area contributed by atoms with Gasteiger partial charge in [-0.15, -0.1) is 0 Å². The molecule has 1 aromatic heterocycles. The smallest absolute Gasteiger partial charge is 0.0456 e. The fourth-order valence-corrected chi connectivity index (χ4v) is 2.47. The van der Waals surface area contributed by atoms with E-state index >= 15 is 0 Å². The van der Waals surface area contributed by atoms with Crippen LogP contribution in [0.5, 0.6) is 0 Å². The molecule has 1 fully saturated rings. The largest absolute Gasteiger partial charge is 0.361 e. The summed E-state index contributed by atoms with van der Waals surface area (Å²) >= 11 is 0. The number of hydrogen-bond acceptors (Lipinski definition) is 1. The van der Waals surface area contributed by atoms with E-state index in [1.54, 1.807) is 0 Å². The van der Waals surface area contributed by atoms with Gasteiger partial charge < -0.3 is 9.88 Å². The maximum Gasteiger partial charge on any atom is 0.0456 e. The topological polar surface area (TPSA) is 19.0 Å². The van der Waals surface area contributed by atoms with Crippen molar-refractivity contribution in [3.63, 3.8) is 0 Å². The van der Waals surface area contributed by atoms with Gasteiger partial charge in [-0.3, -0.25) is 0 Å². The number of hydrogen-bond donors (Lipinski definition) is 1. The average Bonchev–Trinajstić information content (AvgIpc) is 3.01. The van der Waals surface area contributed by atoms with Gasteiger partial charge in [0, 0.05) is 17.1 Å². The summed E-state index contributed by atoms with van der Waals surface area (Å²) in [5.41, 5.74) is 3.87. The lowest BCUT2D eigenvalue weighted by molar-refractivity contribution is 0.359. The van der Waals surface area contributed by atoms with Crippen molar-refractivity contribution in [1.82, 2.24) is 9.88 Å². The number of H-pyrrole nitrogens is 1. The molecule has 0 saturated carbocycles. The Hall–Kier alpha value is -1.28. The third-order valence-electron chi connectivity index (χ3n) is 3.69. The number of aryl methyl sites for hydroxylation is 2. The molecule has 0 unspecified atom stereocenters. The summed E-state index contributed by atoms with van der Waals surface area (Å²) < 4.78 is 0. The number of rotatable bonds is 1. The maximum atomic E-state index is 3.22. The Morgan fingerprint density at radius 3 is 2.50 bits per heavy atom. The summed E-state index contributed by atoms with van der Waals surface area (Å²) in [5.74, 6) is 0. The first kappa shape index (κ1) is 13.2. The minimum atomic E-state index is 1.23. The van der Waals surface area contributed by atoms with Crippen molar-refractivity contribution in [2.24, 2.45) is 0 Å². The Bertz CT molecular complexity index is 493. The molecule has 1 aromatic carbocycles. The van der Waals surface area contributed by atoms with E-state index in [0.717, 1.165) is 0 Å². The number of nitrogens with zero attached hydrogens (tertiary/aromatic N) is 1. The molecule has 0 amide bonds. The average molecular weight is 244 g/mol. The summed E-state index contributed by atoms with van der Waals surface area (Å²) in [6.07, 6.45) is 4.89. The normalized spacial score (nSPS) is 15.7. The van der Waals surface area contributed by atoms with Crippen LogP contribution < -0.4 is 0 Å². The molecule has 98 valence electrons. The predicted molar refractivity (Wildman–Crippen MR) is 79.1 cm³/mol. The van der Waals surface area contributed by atoms with Crippen molar-refractivity contribution >= 4 is 10.9 Å². The van der Waals surface area contributed by atoms with Crippen molar-refractivity contribution < 1.29 is 0 Å². The Morgan fingerprint density at radius 1 is 1.17 bits per heavy atom. The lowest BCUT2D eigenvalue weighted by Gasteiger charge is -2.08. The van der Waals surface area contributed by atoms with E-state index in [-0.39, 0.29) is 0 Å². The van der Waals surface area contributed by atoms with E-state index < -0.39 is 0 Å². The zero-order chi connectivity index (χ0) is 13.0. The third kappa shape index (κ3) is 3.14. The van der Waals surface area contributed by atoms with Gasteiger partial charge in [0.1, 0.15) is 0 Å². The molecule has 1 aliphatic rings. The highest BCUT2D eigenvalue weighted by Gasteiger charge is 2.06. The van der Waals surface area contributed by atoms with E-state index in [1.807, 2.05) is 6.20 Å². The lowest BCUT2D eigenvalue weighted by Crippen LogP contribution is -2.17. The standard InChI is InChI=1S/C10H11N.C6H13N/c1-7-3-4-10-9(5-7)8(2)6-11-10;1-2-7-5-3-4-6-7/h3-6,11H,1-2H3;2-6H2,1H3. The van der Waals surface area contributed by atoms with Gasteiger partial charge in [-0.1, -0.05) is 18.6 Å². The van der Waals surface area contributed by atoms with Gasteiger partial charge in [-0.2, -0.15) is 0 Å². The minimum Gasteiger partial charge on any atom is -0.361 e. The number of aromatic nitrogens is 1. The molecule has 0 radical (unpaired) electrons. The summed E-state index contributed by atoms with van der Waals surface area (Å²) in [6.45, 7) is 10.4. The van der Waals surface area contributed by atoms with Crippen LogP contribution in [0.2, 0.25) is 0 Å². The Morgan fingerprint density at radius 2 is 1.89 bits per heavy atom. The molecule has 18 heavy (non-hydrogen) atoms. The Balaban J connectivity index is 0.000000149. The van der Waals surface area contributed by atoms with Crippen LogP contribution in [0.25, 0.3) is 10.9 Å². The van der Waals surface area contributed by atoms with Crippen molar-refractivity contribution in [3.05, 3.63) is 35.5 Å². The minimum absolute atomic E-state index is 1.23. The first-order valence-corrected chi connectivity index (χ1v) is 6.97. The van der Waals surface area contributed by atoms with Crippen LogP contribution in [0.15, 0.2) is 24.4 Å². The molecule has 1 N–H and O–H groups in total. The molecule has 3 rings (SSSR count). The number of fused-ring (bicyclic) bond motifs is 1. The molecular weight excluding hydrogens is 220 g/mol. The molecule has 0 atom stereocenters. The molecule has 0 bridgehead atoms. The van der Waals surface area contributed by atoms with Crippen LogP contribution in [-0.4, -0.2) is 29.5 Å². The van der Waals surface area contributed by atoms with E-state index in [0.29, 0.717) is 0 Å². The maximum absolute atomic E-state index is 3.22.